The highest BCUT2D eigenvalue weighted by Gasteiger charge is 2.22. The summed E-state index contributed by atoms with van der Waals surface area (Å²) in [4.78, 5) is 11.9. The molecule has 0 spiro atoms. The molecule has 0 atom stereocenters. The van der Waals surface area contributed by atoms with Crippen LogP contribution in [0.4, 0.5) is 17.1 Å². The molecular formula is C46H31N5. The molecule has 4 aromatic heterocycles. The summed E-state index contributed by atoms with van der Waals surface area (Å²) in [5.41, 5.74) is 10.9. The minimum atomic E-state index is 0.879. The molecule has 51 heavy (non-hydrogen) atoms. The van der Waals surface area contributed by atoms with E-state index in [4.69, 9.17) is 4.98 Å². The maximum Gasteiger partial charge on any atom is 0.137 e. The number of benzene rings is 6. The summed E-state index contributed by atoms with van der Waals surface area (Å²) in [6.45, 7) is 0. The van der Waals surface area contributed by atoms with Gasteiger partial charge in [-0.3, -0.25) is 9.55 Å². The van der Waals surface area contributed by atoms with E-state index in [1.807, 2.05) is 30.6 Å². The van der Waals surface area contributed by atoms with Gasteiger partial charge in [-0.25, -0.2) is 4.98 Å². The zero-order chi connectivity index (χ0) is 33.7. The highest BCUT2D eigenvalue weighted by atomic mass is 15.1. The van der Waals surface area contributed by atoms with Crippen LogP contribution < -0.4 is 4.90 Å². The predicted molar refractivity (Wildman–Crippen MR) is 211 cm³/mol. The van der Waals surface area contributed by atoms with E-state index in [1.54, 1.807) is 0 Å². The summed E-state index contributed by atoms with van der Waals surface area (Å²) in [6, 6.07) is 62.1. The number of nitrogens with zero attached hydrogens (tertiary/aromatic N) is 5. The van der Waals surface area contributed by atoms with Crippen molar-refractivity contribution in [1.82, 2.24) is 19.1 Å². The molecule has 5 heteroatoms. The van der Waals surface area contributed by atoms with Crippen LogP contribution >= 0.6 is 0 Å². The SMILES string of the molecule is c1ccc(N(c2cccc(-c3ccccn3)c2)c2ccc3c4c5c6ccccc6n(-c6ccccc6)c5ccc4n(-c4ccccn4)c3c2)cc1. The Labute approximate surface area is 294 Å². The summed E-state index contributed by atoms with van der Waals surface area (Å²) in [5, 5.41) is 4.86. The topological polar surface area (TPSA) is 38.9 Å². The molecule has 0 N–H and O–H groups in total. The van der Waals surface area contributed by atoms with Crippen LogP contribution in [0.3, 0.4) is 0 Å². The molecule has 240 valence electrons. The highest BCUT2D eigenvalue weighted by molar-refractivity contribution is 6.29. The summed E-state index contributed by atoms with van der Waals surface area (Å²) in [7, 11) is 0. The lowest BCUT2D eigenvalue weighted by Crippen LogP contribution is -2.10. The van der Waals surface area contributed by atoms with Gasteiger partial charge in [-0.1, -0.05) is 84.9 Å². The van der Waals surface area contributed by atoms with Crippen molar-refractivity contribution in [3.8, 4) is 22.8 Å². The molecule has 0 amide bonds. The standard InChI is InChI=1S/C46H31N5/c1-3-15-33(16-4-1)49(35-19-13-14-32(30-35)39-21-9-11-28-47-39)36-24-25-38-43(31-36)51(44-23-10-12-29-48-44)42-27-26-41-45(46(38)42)37-20-7-8-22-40(37)50(41)34-17-5-2-6-18-34/h1-31H. The largest absolute Gasteiger partial charge is 0.310 e. The number of pyridine rings is 2. The van der Waals surface area contributed by atoms with Gasteiger partial charge >= 0.3 is 0 Å². The van der Waals surface area contributed by atoms with Crippen LogP contribution in [-0.2, 0) is 0 Å². The number of hydrogen-bond donors (Lipinski definition) is 0. The molecular weight excluding hydrogens is 623 g/mol. The van der Waals surface area contributed by atoms with Crippen molar-refractivity contribution in [2.75, 3.05) is 4.90 Å². The zero-order valence-electron chi connectivity index (χ0n) is 27.6. The van der Waals surface area contributed by atoms with Crippen molar-refractivity contribution >= 4 is 60.7 Å². The number of anilines is 3. The average Bonchev–Trinajstić information content (AvgIpc) is 3.72. The fraction of sp³-hybridized carbons (Fsp3) is 0. The molecule has 0 unspecified atom stereocenters. The number of fused-ring (bicyclic) bond motifs is 7. The third-order valence-corrected chi connectivity index (χ3v) is 9.78. The van der Waals surface area contributed by atoms with Crippen LogP contribution in [-0.4, -0.2) is 19.1 Å². The minimum absolute atomic E-state index is 0.879. The second-order valence-electron chi connectivity index (χ2n) is 12.7. The third kappa shape index (κ3) is 4.71. The van der Waals surface area contributed by atoms with Crippen molar-refractivity contribution in [2.45, 2.75) is 0 Å². The molecule has 4 heterocycles. The van der Waals surface area contributed by atoms with Crippen LogP contribution in [0.15, 0.2) is 188 Å². The van der Waals surface area contributed by atoms with E-state index in [9.17, 15) is 0 Å². The molecule has 0 saturated carbocycles. The lowest BCUT2D eigenvalue weighted by molar-refractivity contribution is 1.08. The van der Waals surface area contributed by atoms with E-state index in [1.165, 1.54) is 32.6 Å². The molecule has 6 aromatic carbocycles. The molecule has 0 fully saturated rings. The summed E-state index contributed by atoms with van der Waals surface area (Å²) >= 11 is 0. The normalized spacial score (nSPS) is 11.5. The Hall–Kier alpha value is -6.98. The monoisotopic (exact) mass is 653 g/mol. The first-order chi connectivity index (χ1) is 25.3. The summed E-state index contributed by atoms with van der Waals surface area (Å²) < 4.78 is 4.70. The van der Waals surface area contributed by atoms with Crippen LogP contribution in [0.5, 0.6) is 0 Å². The molecule has 10 rings (SSSR count). The van der Waals surface area contributed by atoms with E-state index < -0.39 is 0 Å². The molecule has 0 aliphatic heterocycles. The van der Waals surface area contributed by atoms with Gasteiger partial charge in [0.25, 0.3) is 0 Å². The van der Waals surface area contributed by atoms with Crippen molar-refractivity contribution in [3.63, 3.8) is 0 Å². The van der Waals surface area contributed by atoms with Gasteiger partial charge in [0.05, 0.1) is 27.8 Å². The van der Waals surface area contributed by atoms with Gasteiger partial charge in [-0.15, -0.1) is 0 Å². The van der Waals surface area contributed by atoms with Gasteiger partial charge in [-0.2, -0.15) is 0 Å². The molecule has 5 nitrogen and oxygen atoms in total. The Morgan fingerprint density at radius 1 is 0.392 bits per heavy atom. The lowest BCUT2D eigenvalue weighted by atomic mass is 10.0. The van der Waals surface area contributed by atoms with Gasteiger partial charge in [-0.05, 0) is 91.0 Å². The Kier molecular flexibility index (Phi) is 6.74. The highest BCUT2D eigenvalue weighted by Crippen LogP contribution is 2.44. The number of hydrogen-bond acceptors (Lipinski definition) is 3. The second kappa shape index (κ2) is 11.9. The van der Waals surface area contributed by atoms with Crippen LogP contribution in [0.25, 0.3) is 66.4 Å². The molecule has 0 bridgehead atoms. The molecule has 0 aliphatic rings. The molecule has 0 aliphatic carbocycles. The van der Waals surface area contributed by atoms with Gasteiger partial charge in [0.2, 0.25) is 0 Å². The minimum Gasteiger partial charge on any atom is -0.310 e. The van der Waals surface area contributed by atoms with E-state index in [-0.39, 0.29) is 0 Å². The van der Waals surface area contributed by atoms with Crippen molar-refractivity contribution < 1.29 is 0 Å². The molecule has 10 aromatic rings. The van der Waals surface area contributed by atoms with Crippen molar-refractivity contribution in [2.24, 2.45) is 0 Å². The zero-order valence-corrected chi connectivity index (χ0v) is 27.6. The second-order valence-corrected chi connectivity index (χ2v) is 12.7. The van der Waals surface area contributed by atoms with Crippen molar-refractivity contribution in [3.05, 3.63) is 188 Å². The third-order valence-electron chi connectivity index (χ3n) is 9.78. The number of para-hydroxylation sites is 3. The smallest absolute Gasteiger partial charge is 0.137 e. The number of rotatable bonds is 6. The van der Waals surface area contributed by atoms with E-state index >= 15 is 0 Å². The Balaban J connectivity index is 1.28. The quantitative estimate of drug-likeness (QED) is 0.179. The Morgan fingerprint density at radius 2 is 1.04 bits per heavy atom. The maximum absolute atomic E-state index is 4.89. The van der Waals surface area contributed by atoms with Gasteiger partial charge < -0.3 is 9.47 Å². The van der Waals surface area contributed by atoms with E-state index in [0.29, 0.717) is 0 Å². The van der Waals surface area contributed by atoms with Gasteiger partial charge in [0.15, 0.2) is 0 Å². The van der Waals surface area contributed by atoms with Crippen LogP contribution in [0.1, 0.15) is 0 Å². The Bertz CT molecular complexity index is 2840. The first-order valence-corrected chi connectivity index (χ1v) is 17.2. The fourth-order valence-electron chi connectivity index (χ4n) is 7.64. The first kappa shape index (κ1) is 29.0. The molecule has 0 saturated heterocycles. The maximum atomic E-state index is 4.89. The average molecular weight is 654 g/mol. The Morgan fingerprint density at radius 3 is 1.80 bits per heavy atom. The van der Waals surface area contributed by atoms with E-state index in [0.717, 1.165) is 50.9 Å². The summed E-state index contributed by atoms with van der Waals surface area (Å²) in [5.74, 6) is 0.879. The van der Waals surface area contributed by atoms with Crippen LogP contribution in [0, 0.1) is 0 Å². The van der Waals surface area contributed by atoms with Crippen LogP contribution in [0.2, 0.25) is 0 Å². The molecule has 0 radical (unpaired) electrons. The first-order valence-electron chi connectivity index (χ1n) is 17.2. The van der Waals surface area contributed by atoms with Crippen molar-refractivity contribution in [1.29, 1.82) is 0 Å². The van der Waals surface area contributed by atoms with Gasteiger partial charge in [0, 0.05) is 62.3 Å². The van der Waals surface area contributed by atoms with E-state index in [2.05, 4.69) is 177 Å². The van der Waals surface area contributed by atoms with Gasteiger partial charge in [0.1, 0.15) is 5.82 Å². The number of aromatic nitrogens is 4. The lowest BCUT2D eigenvalue weighted by Gasteiger charge is -2.26. The predicted octanol–water partition coefficient (Wildman–Crippen LogP) is 11.8. The fourth-order valence-corrected chi connectivity index (χ4v) is 7.64. The summed E-state index contributed by atoms with van der Waals surface area (Å²) in [6.07, 6.45) is 3.71.